The smallest absolute Gasteiger partial charge is 0.357 e. The van der Waals surface area contributed by atoms with E-state index in [4.69, 9.17) is 10.8 Å². The van der Waals surface area contributed by atoms with Gasteiger partial charge >= 0.3 is 5.97 Å². The zero-order valence-electron chi connectivity index (χ0n) is 8.50. The molecule has 0 fully saturated rings. The van der Waals surface area contributed by atoms with Gasteiger partial charge in [-0.2, -0.15) is 0 Å². The van der Waals surface area contributed by atoms with E-state index in [0.29, 0.717) is 0 Å². The number of carboxylic acids is 1. The third kappa shape index (κ3) is 2.43. The summed E-state index contributed by atoms with van der Waals surface area (Å²) in [6.07, 6.45) is 0. The molecule has 0 aromatic heterocycles. The van der Waals surface area contributed by atoms with Crippen LogP contribution in [0.2, 0.25) is 0 Å². The van der Waals surface area contributed by atoms with Gasteiger partial charge in [0.2, 0.25) is 11.6 Å². The lowest BCUT2D eigenvalue weighted by Gasteiger charge is -2.36. The van der Waals surface area contributed by atoms with Crippen molar-refractivity contribution in [3.63, 3.8) is 0 Å². The molecule has 0 aliphatic rings. The topological polar surface area (TPSA) is 113 Å². The van der Waals surface area contributed by atoms with Crippen molar-refractivity contribution in [2.45, 2.75) is 26.5 Å². The van der Waals surface area contributed by atoms with Crippen molar-refractivity contribution in [3.8, 4) is 0 Å². The summed E-state index contributed by atoms with van der Waals surface area (Å²) in [5.41, 5.74) is 1.68. The second-order valence-corrected chi connectivity index (χ2v) is 4.02. The van der Waals surface area contributed by atoms with E-state index in [2.05, 4.69) is 0 Å². The molecule has 14 heavy (non-hydrogen) atoms. The Morgan fingerprint density at radius 2 is 1.79 bits per heavy atom. The standard InChI is InChI=1S/C8H16N2O4/c1-7(2,3)8(14,6(12)13)10-5(11)4-9/h14H,4,9H2,1-3H3,(H,10,11)(H,12,13). The average molecular weight is 204 g/mol. The summed E-state index contributed by atoms with van der Waals surface area (Å²) in [7, 11) is 0. The first kappa shape index (κ1) is 12.9. The van der Waals surface area contributed by atoms with Crippen LogP contribution in [0.3, 0.4) is 0 Å². The average Bonchev–Trinajstić information content (AvgIpc) is 2.01. The van der Waals surface area contributed by atoms with E-state index in [0.717, 1.165) is 0 Å². The lowest BCUT2D eigenvalue weighted by Crippen LogP contribution is -2.63. The second kappa shape index (κ2) is 3.93. The first-order chi connectivity index (χ1) is 6.15. The number of aliphatic carboxylic acids is 1. The van der Waals surface area contributed by atoms with Gasteiger partial charge in [-0.15, -0.1) is 0 Å². The maximum absolute atomic E-state index is 10.9. The SMILES string of the molecule is CC(C)(C)C(O)(NC(=O)CN)C(=O)O. The number of aliphatic hydroxyl groups is 1. The Balaban J connectivity index is 4.93. The molecule has 82 valence electrons. The summed E-state index contributed by atoms with van der Waals surface area (Å²) in [5.74, 6) is -2.23. The van der Waals surface area contributed by atoms with Gasteiger partial charge in [0.25, 0.3) is 0 Å². The van der Waals surface area contributed by atoms with Crippen LogP contribution in [-0.4, -0.2) is 34.4 Å². The van der Waals surface area contributed by atoms with Gasteiger partial charge < -0.3 is 21.3 Å². The van der Waals surface area contributed by atoms with Crippen LogP contribution in [0.1, 0.15) is 20.8 Å². The molecule has 0 heterocycles. The third-order valence-corrected chi connectivity index (χ3v) is 1.90. The Morgan fingerprint density at radius 1 is 1.36 bits per heavy atom. The molecule has 0 aliphatic heterocycles. The van der Waals surface area contributed by atoms with Crippen molar-refractivity contribution in [1.29, 1.82) is 0 Å². The highest BCUT2D eigenvalue weighted by Crippen LogP contribution is 2.28. The predicted octanol–water partition coefficient (Wildman–Crippen LogP) is -1.12. The summed E-state index contributed by atoms with van der Waals surface area (Å²) in [4.78, 5) is 21.7. The molecule has 1 unspecified atom stereocenters. The van der Waals surface area contributed by atoms with Crippen LogP contribution in [-0.2, 0) is 9.59 Å². The molecule has 0 saturated heterocycles. The molecule has 0 aromatic carbocycles. The minimum absolute atomic E-state index is 0.369. The Hall–Kier alpha value is -1.14. The number of hydrogen-bond acceptors (Lipinski definition) is 4. The van der Waals surface area contributed by atoms with Crippen molar-refractivity contribution in [3.05, 3.63) is 0 Å². The highest BCUT2D eigenvalue weighted by Gasteiger charge is 2.48. The fraction of sp³-hybridized carbons (Fsp3) is 0.750. The summed E-state index contributed by atoms with van der Waals surface area (Å²) >= 11 is 0. The van der Waals surface area contributed by atoms with Crippen LogP contribution in [0.15, 0.2) is 0 Å². The molecule has 5 N–H and O–H groups in total. The van der Waals surface area contributed by atoms with Crippen LogP contribution >= 0.6 is 0 Å². The Morgan fingerprint density at radius 3 is 2.00 bits per heavy atom. The Bertz CT molecular complexity index is 246. The predicted molar refractivity (Wildman–Crippen MR) is 49.2 cm³/mol. The number of amides is 1. The fourth-order valence-corrected chi connectivity index (χ4v) is 0.815. The number of hydrogen-bond donors (Lipinski definition) is 4. The summed E-state index contributed by atoms with van der Waals surface area (Å²) in [5, 5.41) is 20.5. The lowest BCUT2D eigenvalue weighted by molar-refractivity contribution is -0.180. The highest BCUT2D eigenvalue weighted by molar-refractivity contribution is 5.87. The van der Waals surface area contributed by atoms with Gasteiger partial charge in [0.15, 0.2) is 0 Å². The molecule has 0 radical (unpaired) electrons. The molecular formula is C8H16N2O4. The minimum atomic E-state index is -2.30. The van der Waals surface area contributed by atoms with Crippen LogP contribution in [0.25, 0.3) is 0 Å². The van der Waals surface area contributed by atoms with Crippen molar-refractivity contribution in [2.75, 3.05) is 6.54 Å². The van der Waals surface area contributed by atoms with E-state index >= 15 is 0 Å². The molecule has 1 atom stereocenters. The number of nitrogens with one attached hydrogen (secondary N) is 1. The van der Waals surface area contributed by atoms with Crippen molar-refractivity contribution in [2.24, 2.45) is 11.1 Å². The quantitative estimate of drug-likeness (QED) is 0.435. The van der Waals surface area contributed by atoms with Crippen LogP contribution in [0.5, 0.6) is 0 Å². The summed E-state index contributed by atoms with van der Waals surface area (Å²) in [6.45, 7) is 4.12. The second-order valence-electron chi connectivity index (χ2n) is 4.02. The molecule has 0 spiro atoms. The van der Waals surface area contributed by atoms with E-state index in [-0.39, 0.29) is 6.54 Å². The van der Waals surface area contributed by atoms with Crippen molar-refractivity contribution in [1.82, 2.24) is 5.32 Å². The normalized spacial score (nSPS) is 15.8. The molecule has 0 rings (SSSR count). The van der Waals surface area contributed by atoms with Gasteiger partial charge in [0.1, 0.15) is 0 Å². The van der Waals surface area contributed by atoms with Gasteiger partial charge in [0, 0.05) is 5.41 Å². The van der Waals surface area contributed by atoms with E-state index in [1.807, 2.05) is 5.32 Å². The van der Waals surface area contributed by atoms with Gasteiger partial charge in [-0.3, -0.25) is 4.79 Å². The summed E-state index contributed by atoms with van der Waals surface area (Å²) < 4.78 is 0. The Labute approximate surface area is 82.1 Å². The number of carbonyl (C=O) groups is 2. The number of rotatable bonds is 3. The van der Waals surface area contributed by atoms with E-state index < -0.39 is 23.0 Å². The summed E-state index contributed by atoms with van der Waals surface area (Å²) in [6, 6.07) is 0. The number of nitrogens with two attached hydrogens (primary N) is 1. The molecule has 6 nitrogen and oxygen atoms in total. The number of carbonyl (C=O) groups excluding carboxylic acids is 1. The molecule has 0 saturated carbocycles. The molecule has 0 aliphatic carbocycles. The fourth-order valence-electron chi connectivity index (χ4n) is 0.815. The first-order valence-corrected chi connectivity index (χ1v) is 4.12. The zero-order valence-corrected chi connectivity index (χ0v) is 8.50. The maximum Gasteiger partial charge on any atom is 0.357 e. The van der Waals surface area contributed by atoms with E-state index in [1.165, 1.54) is 20.8 Å². The first-order valence-electron chi connectivity index (χ1n) is 4.12. The van der Waals surface area contributed by atoms with Crippen LogP contribution in [0.4, 0.5) is 0 Å². The van der Waals surface area contributed by atoms with Crippen LogP contribution in [0, 0.1) is 5.41 Å². The van der Waals surface area contributed by atoms with E-state index in [1.54, 1.807) is 0 Å². The molecular weight excluding hydrogens is 188 g/mol. The van der Waals surface area contributed by atoms with Crippen molar-refractivity contribution < 1.29 is 19.8 Å². The van der Waals surface area contributed by atoms with Gasteiger partial charge in [-0.1, -0.05) is 20.8 Å². The van der Waals surface area contributed by atoms with Gasteiger partial charge in [0.05, 0.1) is 6.54 Å². The largest absolute Gasteiger partial charge is 0.478 e. The van der Waals surface area contributed by atoms with Crippen LogP contribution < -0.4 is 11.1 Å². The third-order valence-electron chi connectivity index (χ3n) is 1.90. The maximum atomic E-state index is 10.9. The molecule has 0 bridgehead atoms. The molecule has 6 heteroatoms. The monoisotopic (exact) mass is 204 g/mol. The number of carboxylic acid groups (broad SMARTS) is 1. The molecule has 0 aromatic rings. The molecule has 1 amide bonds. The lowest BCUT2D eigenvalue weighted by atomic mass is 9.83. The van der Waals surface area contributed by atoms with Gasteiger partial charge in [-0.05, 0) is 0 Å². The van der Waals surface area contributed by atoms with Crippen molar-refractivity contribution >= 4 is 11.9 Å². The van der Waals surface area contributed by atoms with E-state index in [9.17, 15) is 14.7 Å². The highest BCUT2D eigenvalue weighted by atomic mass is 16.4. The Kier molecular flexibility index (Phi) is 3.61. The minimum Gasteiger partial charge on any atom is -0.478 e. The van der Waals surface area contributed by atoms with Gasteiger partial charge in [-0.25, -0.2) is 4.79 Å². The zero-order chi connectivity index (χ0) is 11.6.